The summed E-state index contributed by atoms with van der Waals surface area (Å²) < 4.78 is 16.6. The Kier molecular flexibility index (Phi) is 5.08. The Labute approximate surface area is 127 Å². The molecule has 1 fully saturated rings. The summed E-state index contributed by atoms with van der Waals surface area (Å²) in [5.41, 5.74) is 7.10. The third-order valence-electron chi connectivity index (χ3n) is 4.10. The van der Waals surface area contributed by atoms with Crippen molar-refractivity contribution in [2.24, 2.45) is 5.73 Å². The first kappa shape index (κ1) is 16.1. The van der Waals surface area contributed by atoms with Gasteiger partial charge in [-0.25, -0.2) is 0 Å². The van der Waals surface area contributed by atoms with Crippen LogP contribution in [-0.2, 0) is 4.74 Å². The molecule has 1 aliphatic rings. The standard InChI is InChI=1S/C16H26N2O3/c1-16(2)11-21-9-8-18(16)13(10-17)12-6-5-7-14(19-3)15(12)20-4/h5-7,13H,8-11,17H2,1-4H3. The molecule has 0 spiro atoms. The summed E-state index contributed by atoms with van der Waals surface area (Å²) >= 11 is 0. The molecule has 2 rings (SSSR count). The normalized spacial score (nSPS) is 20.0. The molecule has 0 amide bonds. The molecule has 0 saturated carbocycles. The van der Waals surface area contributed by atoms with Gasteiger partial charge in [0.25, 0.3) is 0 Å². The van der Waals surface area contributed by atoms with Crippen LogP contribution in [0.5, 0.6) is 11.5 Å². The number of hydrogen-bond acceptors (Lipinski definition) is 5. The lowest BCUT2D eigenvalue weighted by Gasteiger charge is -2.46. The van der Waals surface area contributed by atoms with Crippen LogP contribution in [-0.4, -0.2) is 51.0 Å². The molecule has 0 radical (unpaired) electrons. The minimum Gasteiger partial charge on any atom is -0.493 e. The van der Waals surface area contributed by atoms with Crippen LogP contribution < -0.4 is 15.2 Å². The molecule has 21 heavy (non-hydrogen) atoms. The van der Waals surface area contributed by atoms with Crippen molar-refractivity contribution in [2.75, 3.05) is 40.5 Å². The third-order valence-corrected chi connectivity index (χ3v) is 4.10. The fraction of sp³-hybridized carbons (Fsp3) is 0.625. The Hall–Kier alpha value is -1.30. The zero-order chi connectivity index (χ0) is 15.5. The zero-order valence-electron chi connectivity index (χ0n) is 13.4. The number of rotatable bonds is 5. The maximum absolute atomic E-state index is 6.09. The lowest BCUT2D eigenvalue weighted by atomic mass is 9.95. The Bertz CT molecular complexity index is 477. The van der Waals surface area contributed by atoms with Crippen LogP contribution in [0.25, 0.3) is 0 Å². The summed E-state index contributed by atoms with van der Waals surface area (Å²) in [5, 5.41) is 0. The van der Waals surface area contributed by atoms with Crippen LogP contribution in [0.2, 0.25) is 0 Å². The minimum atomic E-state index is -0.0592. The van der Waals surface area contributed by atoms with E-state index in [-0.39, 0.29) is 11.6 Å². The molecule has 1 atom stereocenters. The predicted molar refractivity (Wildman–Crippen MR) is 82.9 cm³/mol. The number of benzene rings is 1. The number of nitrogens with zero attached hydrogens (tertiary/aromatic N) is 1. The van der Waals surface area contributed by atoms with Crippen molar-refractivity contribution in [3.63, 3.8) is 0 Å². The van der Waals surface area contributed by atoms with Gasteiger partial charge in [-0.15, -0.1) is 0 Å². The maximum atomic E-state index is 6.09. The predicted octanol–water partition coefficient (Wildman–Crippen LogP) is 1.81. The van der Waals surface area contributed by atoms with Crippen molar-refractivity contribution in [3.8, 4) is 11.5 Å². The Morgan fingerprint density at radius 2 is 2.10 bits per heavy atom. The summed E-state index contributed by atoms with van der Waals surface area (Å²) in [7, 11) is 3.32. The second kappa shape index (κ2) is 6.64. The molecule has 5 heteroatoms. The largest absolute Gasteiger partial charge is 0.493 e. The molecule has 5 nitrogen and oxygen atoms in total. The zero-order valence-corrected chi connectivity index (χ0v) is 13.4. The van der Waals surface area contributed by atoms with Gasteiger partial charge in [0, 0.05) is 24.2 Å². The molecule has 1 aromatic carbocycles. The van der Waals surface area contributed by atoms with Gasteiger partial charge in [0.1, 0.15) is 0 Å². The highest BCUT2D eigenvalue weighted by atomic mass is 16.5. The molecule has 0 aromatic heterocycles. The number of ether oxygens (including phenoxy) is 3. The molecular weight excluding hydrogens is 268 g/mol. The summed E-state index contributed by atoms with van der Waals surface area (Å²) in [4.78, 5) is 2.40. The van der Waals surface area contributed by atoms with Crippen molar-refractivity contribution in [3.05, 3.63) is 23.8 Å². The van der Waals surface area contributed by atoms with Gasteiger partial charge in [-0.2, -0.15) is 0 Å². The third kappa shape index (κ3) is 3.15. The molecule has 0 aliphatic carbocycles. The number of para-hydroxylation sites is 1. The monoisotopic (exact) mass is 294 g/mol. The van der Waals surface area contributed by atoms with Gasteiger partial charge in [0.15, 0.2) is 11.5 Å². The molecule has 1 aliphatic heterocycles. The van der Waals surface area contributed by atoms with E-state index in [1.807, 2.05) is 12.1 Å². The molecular formula is C16H26N2O3. The van der Waals surface area contributed by atoms with E-state index in [0.717, 1.165) is 30.2 Å². The van der Waals surface area contributed by atoms with Crippen molar-refractivity contribution in [1.29, 1.82) is 0 Å². The average molecular weight is 294 g/mol. The Balaban J connectivity index is 2.41. The van der Waals surface area contributed by atoms with Crippen LogP contribution >= 0.6 is 0 Å². The number of hydrogen-bond donors (Lipinski definition) is 1. The SMILES string of the molecule is COc1cccc(C(CN)N2CCOCC2(C)C)c1OC. The van der Waals surface area contributed by atoms with Crippen LogP contribution in [0.3, 0.4) is 0 Å². The molecule has 118 valence electrons. The van der Waals surface area contributed by atoms with E-state index in [9.17, 15) is 0 Å². The van der Waals surface area contributed by atoms with Crippen molar-refractivity contribution in [1.82, 2.24) is 4.90 Å². The lowest BCUT2D eigenvalue weighted by Crippen LogP contribution is -2.55. The van der Waals surface area contributed by atoms with Gasteiger partial charge in [0.2, 0.25) is 0 Å². The summed E-state index contributed by atoms with van der Waals surface area (Å²) in [6, 6.07) is 6.02. The quantitative estimate of drug-likeness (QED) is 0.897. The van der Waals surface area contributed by atoms with Crippen LogP contribution in [0, 0.1) is 0 Å². The van der Waals surface area contributed by atoms with E-state index in [0.29, 0.717) is 13.2 Å². The summed E-state index contributed by atoms with van der Waals surface area (Å²) in [6.45, 7) is 7.17. The second-order valence-electron chi connectivity index (χ2n) is 5.89. The Morgan fingerprint density at radius 1 is 1.33 bits per heavy atom. The van der Waals surface area contributed by atoms with E-state index in [4.69, 9.17) is 19.9 Å². The summed E-state index contributed by atoms with van der Waals surface area (Å²) in [5.74, 6) is 1.50. The van der Waals surface area contributed by atoms with Gasteiger partial charge in [-0.05, 0) is 19.9 Å². The molecule has 1 saturated heterocycles. The highest BCUT2D eigenvalue weighted by Gasteiger charge is 2.37. The fourth-order valence-electron chi connectivity index (χ4n) is 3.04. The van der Waals surface area contributed by atoms with E-state index in [1.165, 1.54) is 0 Å². The number of methoxy groups -OCH3 is 2. The van der Waals surface area contributed by atoms with Crippen molar-refractivity contribution >= 4 is 0 Å². The molecule has 1 heterocycles. The highest BCUT2D eigenvalue weighted by Crippen LogP contribution is 2.39. The van der Waals surface area contributed by atoms with Gasteiger partial charge in [-0.3, -0.25) is 4.90 Å². The molecule has 1 aromatic rings. The van der Waals surface area contributed by atoms with Gasteiger partial charge >= 0.3 is 0 Å². The highest BCUT2D eigenvalue weighted by molar-refractivity contribution is 5.48. The second-order valence-corrected chi connectivity index (χ2v) is 5.89. The molecule has 1 unspecified atom stereocenters. The first-order valence-corrected chi connectivity index (χ1v) is 7.30. The van der Waals surface area contributed by atoms with E-state index in [1.54, 1.807) is 14.2 Å². The fourth-order valence-corrected chi connectivity index (χ4v) is 3.04. The Morgan fingerprint density at radius 3 is 2.67 bits per heavy atom. The number of nitrogens with two attached hydrogens (primary N) is 1. The van der Waals surface area contributed by atoms with Gasteiger partial charge < -0.3 is 19.9 Å². The van der Waals surface area contributed by atoms with Crippen LogP contribution in [0.4, 0.5) is 0 Å². The lowest BCUT2D eigenvalue weighted by molar-refractivity contribution is -0.0715. The van der Waals surface area contributed by atoms with Gasteiger partial charge in [0.05, 0.1) is 33.5 Å². The summed E-state index contributed by atoms with van der Waals surface area (Å²) in [6.07, 6.45) is 0. The molecule has 0 bridgehead atoms. The van der Waals surface area contributed by atoms with Crippen molar-refractivity contribution < 1.29 is 14.2 Å². The first-order valence-electron chi connectivity index (χ1n) is 7.30. The van der Waals surface area contributed by atoms with Crippen molar-refractivity contribution in [2.45, 2.75) is 25.4 Å². The first-order chi connectivity index (χ1) is 10.0. The van der Waals surface area contributed by atoms with E-state index >= 15 is 0 Å². The van der Waals surface area contributed by atoms with Crippen LogP contribution in [0.1, 0.15) is 25.5 Å². The smallest absolute Gasteiger partial charge is 0.165 e. The average Bonchev–Trinajstić information content (AvgIpc) is 2.49. The minimum absolute atomic E-state index is 0.0592. The van der Waals surface area contributed by atoms with Crippen LogP contribution in [0.15, 0.2) is 18.2 Å². The number of morpholine rings is 1. The van der Waals surface area contributed by atoms with E-state index in [2.05, 4.69) is 24.8 Å². The maximum Gasteiger partial charge on any atom is 0.165 e. The van der Waals surface area contributed by atoms with Gasteiger partial charge in [-0.1, -0.05) is 12.1 Å². The topological polar surface area (TPSA) is 57.0 Å². The van der Waals surface area contributed by atoms with E-state index < -0.39 is 0 Å². The molecule has 2 N–H and O–H groups in total.